The maximum absolute atomic E-state index is 12.0. The summed E-state index contributed by atoms with van der Waals surface area (Å²) in [7, 11) is 0. The first-order valence-electron chi connectivity index (χ1n) is 7.07. The average molecular weight is 402 g/mol. The molecule has 2 amide bonds. The molecule has 1 aromatic carbocycles. The Morgan fingerprint density at radius 2 is 2.00 bits per heavy atom. The van der Waals surface area contributed by atoms with E-state index in [0.29, 0.717) is 11.6 Å². The quantitative estimate of drug-likeness (QED) is 0.673. The van der Waals surface area contributed by atoms with Crippen LogP contribution in [0.5, 0.6) is 0 Å². The number of nitrogens with one attached hydrogen (secondary N) is 2. The maximum atomic E-state index is 12.0. The minimum Gasteiger partial charge on any atom is -0.478 e. The van der Waals surface area contributed by atoms with Gasteiger partial charge in [0.2, 0.25) is 0 Å². The van der Waals surface area contributed by atoms with E-state index in [2.05, 4.69) is 10.6 Å². The van der Waals surface area contributed by atoms with Crippen LogP contribution in [0, 0.1) is 9.49 Å². The summed E-state index contributed by atoms with van der Waals surface area (Å²) in [6.07, 6.45) is 4.73. The Kier molecular flexibility index (Phi) is 5.44. The van der Waals surface area contributed by atoms with E-state index in [0.717, 1.165) is 16.4 Å². The fourth-order valence-corrected chi connectivity index (χ4v) is 3.23. The number of carboxylic acid groups (broad SMARTS) is 1. The molecule has 0 saturated heterocycles. The van der Waals surface area contributed by atoms with E-state index >= 15 is 0 Å². The van der Waals surface area contributed by atoms with E-state index in [1.807, 2.05) is 29.5 Å². The molecule has 0 spiro atoms. The number of carboxylic acids is 1. The van der Waals surface area contributed by atoms with E-state index < -0.39 is 5.97 Å². The summed E-state index contributed by atoms with van der Waals surface area (Å²) in [5.41, 5.74) is 0.421. The highest BCUT2D eigenvalue weighted by molar-refractivity contribution is 14.1. The van der Waals surface area contributed by atoms with E-state index in [4.69, 9.17) is 0 Å². The number of hydrogen-bond acceptors (Lipinski definition) is 2. The number of anilines is 1. The van der Waals surface area contributed by atoms with Gasteiger partial charge in [-0.15, -0.1) is 0 Å². The second-order valence-electron chi connectivity index (χ2n) is 5.43. The molecule has 0 aromatic heterocycles. The largest absolute Gasteiger partial charge is 0.478 e. The highest BCUT2D eigenvalue weighted by atomic mass is 127. The molecule has 2 rings (SSSR count). The van der Waals surface area contributed by atoms with Crippen LogP contribution < -0.4 is 10.6 Å². The number of halogens is 1. The van der Waals surface area contributed by atoms with Crippen molar-refractivity contribution in [3.05, 3.63) is 27.3 Å². The lowest BCUT2D eigenvalue weighted by Gasteiger charge is -2.21. The van der Waals surface area contributed by atoms with Gasteiger partial charge in [0.1, 0.15) is 0 Å². The Hall–Kier alpha value is -1.31. The van der Waals surface area contributed by atoms with Gasteiger partial charge >= 0.3 is 12.0 Å². The van der Waals surface area contributed by atoms with E-state index in [9.17, 15) is 14.7 Å². The van der Waals surface area contributed by atoms with Crippen molar-refractivity contribution in [2.24, 2.45) is 5.92 Å². The van der Waals surface area contributed by atoms with Gasteiger partial charge in [0.05, 0.1) is 11.3 Å². The fraction of sp³-hybridized carbons (Fsp3) is 0.467. The second kappa shape index (κ2) is 7.11. The second-order valence-corrected chi connectivity index (χ2v) is 6.67. The Bertz CT molecular complexity index is 542. The number of aromatic carboxylic acids is 1. The lowest BCUT2D eigenvalue weighted by Crippen LogP contribution is -2.40. The van der Waals surface area contributed by atoms with Crippen LogP contribution in [0.3, 0.4) is 0 Å². The highest BCUT2D eigenvalue weighted by Crippen LogP contribution is 2.27. The zero-order chi connectivity index (χ0) is 15.4. The summed E-state index contributed by atoms with van der Waals surface area (Å²) in [4.78, 5) is 23.2. The first-order chi connectivity index (χ1) is 9.97. The highest BCUT2D eigenvalue weighted by Gasteiger charge is 2.23. The molecule has 0 bridgehead atoms. The molecule has 1 atom stereocenters. The summed E-state index contributed by atoms with van der Waals surface area (Å²) in [6.45, 7) is 2.00. The van der Waals surface area contributed by atoms with Gasteiger partial charge in [0.25, 0.3) is 0 Å². The molecule has 1 saturated carbocycles. The SMILES string of the molecule is CC(NC(=O)Nc1ccc(I)cc1C(=O)O)C1CCCC1. The molecule has 0 aliphatic heterocycles. The maximum Gasteiger partial charge on any atom is 0.337 e. The molecular weight excluding hydrogens is 383 g/mol. The molecule has 3 N–H and O–H groups in total. The normalized spacial score (nSPS) is 16.5. The summed E-state index contributed by atoms with van der Waals surface area (Å²) < 4.78 is 0.815. The Morgan fingerprint density at radius 1 is 1.33 bits per heavy atom. The molecule has 21 heavy (non-hydrogen) atoms. The number of rotatable bonds is 4. The van der Waals surface area contributed by atoms with Crippen LogP contribution in [-0.4, -0.2) is 23.1 Å². The van der Waals surface area contributed by atoms with Crippen LogP contribution in [-0.2, 0) is 0 Å². The van der Waals surface area contributed by atoms with Gasteiger partial charge in [-0.05, 0) is 66.5 Å². The third-order valence-corrected chi connectivity index (χ3v) is 4.60. The van der Waals surface area contributed by atoms with Crippen molar-refractivity contribution >= 4 is 40.3 Å². The number of carbonyl (C=O) groups excluding carboxylic acids is 1. The smallest absolute Gasteiger partial charge is 0.337 e. The van der Waals surface area contributed by atoms with Gasteiger partial charge < -0.3 is 15.7 Å². The molecule has 1 aromatic rings. The molecule has 114 valence electrons. The summed E-state index contributed by atoms with van der Waals surface area (Å²) in [5, 5.41) is 14.7. The number of hydrogen-bond donors (Lipinski definition) is 3. The van der Waals surface area contributed by atoms with Crippen LogP contribution in [0.25, 0.3) is 0 Å². The lowest BCUT2D eigenvalue weighted by molar-refractivity contribution is 0.0698. The van der Waals surface area contributed by atoms with Gasteiger partial charge in [-0.3, -0.25) is 0 Å². The van der Waals surface area contributed by atoms with Crippen molar-refractivity contribution in [3.8, 4) is 0 Å². The summed E-state index contributed by atoms with van der Waals surface area (Å²) in [5.74, 6) is -0.529. The first-order valence-corrected chi connectivity index (χ1v) is 8.15. The summed E-state index contributed by atoms with van der Waals surface area (Å²) >= 11 is 2.04. The Balaban J connectivity index is 2.00. The van der Waals surface area contributed by atoms with Crippen molar-refractivity contribution in [3.63, 3.8) is 0 Å². The zero-order valence-corrected chi connectivity index (χ0v) is 14.0. The van der Waals surface area contributed by atoms with Crippen molar-refractivity contribution in [1.82, 2.24) is 5.32 Å². The van der Waals surface area contributed by atoms with Crippen molar-refractivity contribution in [2.45, 2.75) is 38.6 Å². The molecule has 0 radical (unpaired) electrons. The van der Waals surface area contributed by atoms with Crippen molar-refractivity contribution in [2.75, 3.05) is 5.32 Å². The molecule has 1 unspecified atom stereocenters. The Morgan fingerprint density at radius 3 is 2.62 bits per heavy atom. The predicted octanol–water partition coefficient (Wildman–Crippen LogP) is 3.69. The molecule has 6 heteroatoms. The molecule has 5 nitrogen and oxygen atoms in total. The number of carbonyl (C=O) groups is 2. The van der Waals surface area contributed by atoms with Crippen LogP contribution in [0.15, 0.2) is 18.2 Å². The van der Waals surface area contributed by atoms with Crippen LogP contribution in [0.4, 0.5) is 10.5 Å². The summed E-state index contributed by atoms with van der Waals surface area (Å²) in [6, 6.07) is 4.68. The Labute approximate surface area is 137 Å². The van der Waals surface area contributed by atoms with E-state index in [-0.39, 0.29) is 17.6 Å². The van der Waals surface area contributed by atoms with Crippen LogP contribution >= 0.6 is 22.6 Å². The van der Waals surface area contributed by atoms with Gasteiger partial charge in [-0.1, -0.05) is 12.8 Å². The number of benzene rings is 1. The first kappa shape index (κ1) is 16.1. The molecule has 1 aliphatic carbocycles. The third-order valence-electron chi connectivity index (χ3n) is 3.93. The van der Waals surface area contributed by atoms with Crippen molar-refractivity contribution < 1.29 is 14.7 Å². The average Bonchev–Trinajstić information content (AvgIpc) is 2.94. The van der Waals surface area contributed by atoms with Crippen LogP contribution in [0.1, 0.15) is 43.0 Å². The van der Waals surface area contributed by atoms with E-state index in [1.165, 1.54) is 12.8 Å². The molecule has 1 aliphatic rings. The van der Waals surface area contributed by atoms with Crippen molar-refractivity contribution in [1.29, 1.82) is 0 Å². The fourth-order valence-electron chi connectivity index (χ4n) is 2.74. The van der Waals surface area contributed by atoms with Gasteiger partial charge in [-0.25, -0.2) is 9.59 Å². The minimum atomic E-state index is -1.05. The zero-order valence-electron chi connectivity index (χ0n) is 11.9. The monoisotopic (exact) mass is 402 g/mol. The molecule has 1 fully saturated rings. The lowest BCUT2D eigenvalue weighted by atomic mass is 10.0. The van der Waals surface area contributed by atoms with Gasteiger partial charge in [0, 0.05) is 9.61 Å². The number of urea groups is 1. The third kappa shape index (κ3) is 4.33. The molecule has 0 heterocycles. The molecular formula is C15H19IN2O3. The topological polar surface area (TPSA) is 78.4 Å². The van der Waals surface area contributed by atoms with Crippen LogP contribution in [0.2, 0.25) is 0 Å². The predicted molar refractivity (Wildman–Crippen MR) is 89.7 cm³/mol. The standard InChI is InChI=1S/C15H19IN2O3/c1-9(10-4-2-3-5-10)17-15(21)18-13-7-6-11(16)8-12(13)14(19)20/h6-10H,2-5H2,1H3,(H,19,20)(H2,17,18,21). The number of amides is 2. The van der Waals surface area contributed by atoms with Gasteiger partial charge in [0.15, 0.2) is 0 Å². The van der Waals surface area contributed by atoms with E-state index in [1.54, 1.807) is 18.2 Å². The minimum absolute atomic E-state index is 0.102. The van der Waals surface area contributed by atoms with Gasteiger partial charge in [-0.2, -0.15) is 0 Å².